The molecule has 0 radical (unpaired) electrons. The molecule has 2 heterocycles. The van der Waals surface area contributed by atoms with Gasteiger partial charge in [-0.3, -0.25) is 4.79 Å². The van der Waals surface area contributed by atoms with E-state index in [1.165, 1.54) is 28.4 Å². The Labute approximate surface area is 160 Å². The van der Waals surface area contributed by atoms with Crippen LogP contribution in [0.3, 0.4) is 0 Å². The quantitative estimate of drug-likeness (QED) is 0.730. The van der Waals surface area contributed by atoms with Crippen LogP contribution in [-0.2, 0) is 19.6 Å². The molecule has 1 amide bonds. The van der Waals surface area contributed by atoms with Crippen LogP contribution < -0.4 is 0 Å². The Morgan fingerprint density at radius 3 is 2.59 bits per heavy atom. The number of hydrogen-bond donors (Lipinski definition) is 0. The van der Waals surface area contributed by atoms with Crippen LogP contribution in [0.4, 0.5) is 0 Å². The second-order valence-electron chi connectivity index (χ2n) is 7.17. The Bertz CT molecular complexity index is 823. The normalized spacial score (nSPS) is 24.0. The monoisotopic (exact) mass is 394 g/mol. The number of esters is 1. The van der Waals surface area contributed by atoms with Gasteiger partial charge in [-0.25, -0.2) is 13.2 Å². The fourth-order valence-corrected chi connectivity index (χ4v) is 5.66. The van der Waals surface area contributed by atoms with Crippen molar-refractivity contribution in [3.05, 3.63) is 29.8 Å². The van der Waals surface area contributed by atoms with Gasteiger partial charge in [-0.15, -0.1) is 0 Å². The maximum Gasteiger partial charge on any atom is 0.328 e. The molecule has 2 atom stereocenters. The molecule has 1 aromatic rings. The Kier molecular flexibility index (Phi) is 5.86. The van der Waals surface area contributed by atoms with E-state index in [4.69, 9.17) is 4.74 Å². The van der Waals surface area contributed by atoms with Crippen molar-refractivity contribution in [2.45, 2.75) is 56.0 Å². The zero-order valence-electron chi connectivity index (χ0n) is 15.8. The summed E-state index contributed by atoms with van der Waals surface area (Å²) in [5.41, 5.74) is 0.275. The van der Waals surface area contributed by atoms with Crippen LogP contribution in [0.2, 0.25) is 0 Å². The highest BCUT2D eigenvalue weighted by atomic mass is 32.2. The zero-order chi connectivity index (χ0) is 19.6. The largest absolute Gasteiger partial charge is 0.467 e. The van der Waals surface area contributed by atoms with E-state index < -0.39 is 22.0 Å². The third kappa shape index (κ3) is 3.87. The number of hydrogen-bond acceptors (Lipinski definition) is 5. The van der Waals surface area contributed by atoms with Crippen molar-refractivity contribution < 1.29 is 22.7 Å². The molecular formula is C19H26N2O5S. The summed E-state index contributed by atoms with van der Waals surface area (Å²) in [5, 5.41) is 0. The van der Waals surface area contributed by atoms with Crippen molar-refractivity contribution in [3.8, 4) is 0 Å². The Morgan fingerprint density at radius 1 is 1.11 bits per heavy atom. The van der Waals surface area contributed by atoms with E-state index in [1.54, 1.807) is 12.1 Å². The lowest BCUT2D eigenvalue weighted by Gasteiger charge is -2.32. The molecular weight excluding hydrogens is 368 g/mol. The summed E-state index contributed by atoms with van der Waals surface area (Å²) < 4.78 is 32.4. The predicted octanol–water partition coefficient (Wildman–Crippen LogP) is 2.03. The number of carbonyl (C=O) groups is 2. The topological polar surface area (TPSA) is 84.0 Å². The number of carbonyl (C=O) groups excluding carboxylic acids is 2. The Balaban J connectivity index is 1.87. The van der Waals surface area contributed by atoms with Crippen LogP contribution >= 0.6 is 0 Å². The number of ether oxygens (including phenoxy) is 1. The first kappa shape index (κ1) is 19.8. The average molecular weight is 394 g/mol. The van der Waals surface area contributed by atoms with Crippen LogP contribution in [0.1, 0.15) is 49.4 Å². The highest BCUT2D eigenvalue weighted by molar-refractivity contribution is 7.89. The fourth-order valence-electron chi connectivity index (χ4n) is 3.91. The Morgan fingerprint density at radius 2 is 1.89 bits per heavy atom. The van der Waals surface area contributed by atoms with E-state index in [9.17, 15) is 18.0 Å². The molecule has 0 aromatic heterocycles. The number of benzene rings is 1. The molecule has 0 aliphatic carbocycles. The molecule has 7 nitrogen and oxygen atoms in total. The zero-order valence-corrected chi connectivity index (χ0v) is 16.6. The third-order valence-corrected chi connectivity index (χ3v) is 7.43. The number of piperidine rings is 1. The van der Waals surface area contributed by atoms with Gasteiger partial charge in [0, 0.05) is 24.7 Å². The molecule has 3 rings (SSSR count). The summed E-state index contributed by atoms with van der Waals surface area (Å²) in [5.74, 6) is -0.779. The minimum Gasteiger partial charge on any atom is -0.467 e. The number of rotatable bonds is 4. The van der Waals surface area contributed by atoms with Gasteiger partial charge in [-0.05, 0) is 50.8 Å². The maximum absolute atomic E-state index is 13.0. The lowest BCUT2D eigenvalue weighted by atomic mass is 10.1. The first-order chi connectivity index (χ1) is 12.9. The summed E-state index contributed by atoms with van der Waals surface area (Å²) >= 11 is 0. The van der Waals surface area contributed by atoms with Crippen molar-refractivity contribution in [1.82, 2.24) is 9.21 Å². The van der Waals surface area contributed by atoms with Crippen molar-refractivity contribution in [1.29, 1.82) is 0 Å². The number of nitrogens with zero attached hydrogens (tertiary/aromatic N) is 2. The molecule has 2 aliphatic rings. The highest BCUT2D eigenvalue weighted by Gasteiger charge is 2.36. The van der Waals surface area contributed by atoms with Crippen molar-refractivity contribution >= 4 is 21.9 Å². The van der Waals surface area contributed by atoms with E-state index in [2.05, 4.69) is 0 Å². The molecule has 27 heavy (non-hydrogen) atoms. The van der Waals surface area contributed by atoms with Gasteiger partial charge in [0.05, 0.1) is 12.0 Å². The van der Waals surface area contributed by atoms with Crippen LogP contribution in [0.5, 0.6) is 0 Å². The third-order valence-electron chi connectivity index (χ3n) is 5.42. The summed E-state index contributed by atoms with van der Waals surface area (Å²) in [6.45, 7) is 2.87. The van der Waals surface area contributed by atoms with Crippen LogP contribution in [0.15, 0.2) is 29.2 Å². The van der Waals surface area contributed by atoms with Gasteiger partial charge in [-0.1, -0.05) is 12.5 Å². The predicted molar refractivity (Wildman–Crippen MR) is 99.7 cm³/mol. The van der Waals surface area contributed by atoms with E-state index in [1.807, 2.05) is 6.92 Å². The van der Waals surface area contributed by atoms with Crippen LogP contribution in [0, 0.1) is 0 Å². The van der Waals surface area contributed by atoms with Gasteiger partial charge in [-0.2, -0.15) is 4.31 Å². The molecule has 0 saturated carbocycles. The average Bonchev–Trinajstić information content (AvgIpc) is 3.17. The van der Waals surface area contributed by atoms with E-state index in [0.29, 0.717) is 19.5 Å². The molecule has 0 spiro atoms. The van der Waals surface area contributed by atoms with E-state index in [-0.39, 0.29) is 22.4 Å². The molecule has 2 fully saturated rings. The molecule has 0 unspecified atom stereocenters. The van der Waals surface area contributed by atoms with Gasteiger partial charge in [0.1, 0.15) is 6.04 Å². The number of methoxy groups -OCH3 is 1. The van der Waals surface area contributed by atoms with Crippen LogP contribution in [-0.4, -0.2) is 61.8 Å². The summed E-state index contributed by atoms with van der Waals surface area (Å²) in [6.07, 6.45) is 3.98. The van der Waals surface area contributed by atoms with E-state index >= 15 is 0 Å². The number of likely N-dealkylation sites (tertiary alicyclic amines) is 1. The smallest absolute Gasteiger partial charge is 0.328 e. The summed E-state index contributed by atoms with van der Waals surface area (Å²) in [4.78, 5) is 26.4. The van der Waals surface area contributed by atoms with Crippen LogP contribution in [0.25, 0.3) is 0 Å². The van der Waals surface area contributed by atoms with Gasteiger partial charge in [0.25, 0.3) is 5.91 Å². The van der Waals surface area contributed by atoms with Gasteiger partial charge >= 0.3 is 5.97 Å². The molecule has 0 N–H and O–H groups in total. The summed E-state index contributed by atoms with van der Waals surface area (Å²) in [6, 6.07) is 5.46. The van der Waals surface area contributed by atoms with E-state index in [0.717, 1.165) is 25.7 Å². The maximum atomic E-state index is 13.0. The minimum absolute atomic E-state index is 0.0506. The second-order valence-corrected chi connectivity index (χ2v) is 9.06. The SMILES string of the molecule is COC(=O)[C@H]1CCCN1C(=O)c1cccc(S(=O)(=O)N2CCCC[C@H]2C)c1. The molecule has 2 aliphatic heterocycles. The molecule has 0 bridgehead atoms. The first-order valence-electron chi connectivity index (χ1n) is 9.37. The Hall–Kier alpha value is -1.93. The highest BCUT2D eigenvalue weighted by Crippen LogP contribution is 2.27. The number of amides is 1. The molecule has 2 saturated heterocycles. The van der Waals surface area contributed by atoms with Crippen molar-refractivity contribution in [2.75, 3.05) is 20.2 Å². The summed E-state index contributed by atoms with van der Waals surface area (Å²) in [7, 11) is -2.35. The second kappa shape index (κ2) is 7.98. The molecule has 1 aromatic carbocycles. The first-order valence-corrected chi connectivity index (χ1v) is 10.8. The minimum atomic E-state index is -3.65. The van der Waals surface area contributed by atoms with Gasteiger partial charge in [0.15, 0.2) is 0 Å². The van der Waals surface area contributed by atoms with Gasteiger partial charge in [0.2, 0.25) is 10.0 Å². The van der Waals surface area contributed by atoms with Crippen molar-refractivity contribution in [2.24, 2.45) is 0 Å². The van der Waals surface area contributed by atoms with Gasteiger partial charge < -0.3 is 9.64 Å². The lowest BCUT2D eigenvalue weighted by Crippen LogP contribution is -2.42. The molecule has 148 valence electrons. The van der Waals surface area contributed by atoms with Crippen molar-refractivity contribution in [3.63, 3.8) is 0 Å². The molecule has 8 heteroatoms. The lowest BCUT2D eigenvalue weighted by molar-refractivity contribution is -0.145. The number of sulfonamides is 1. The fraction of sp³-hybridized carbons (Fsp3) is 0.579. The standard InChI is InChI=1S/C19H26N2O5S/c1-14-7-3-4-12-21(14)27(24,25)16-9-5-8-15(13-16)18(22)20-11-6-10-17(20)19(23)26-2/h5,8-9,13-14,17H,3-4,6-7,10-12H2,1-2H3/t14-,17-/m1/s1.